The standard InChI is InChI=1S/C11H20N2O3/c1-4-5-6-7-12-11(16)13-9(8(2)3)10(14)15/h4-5,8-9H,6-7H2,1-3H3,(H,14,15)(H2,12,13,16)/b5-4+. The van der Waals surface area contributed by atoms with E-state index in [9.17, 15) is 9.59 Å². The monoisotopic (exact) mass is 228 g/mol. The van der Waals surface area contributed by atoms with Gasteiger partial charge in [-0.15, -0.1) is 0 Å². The van der Waals surface area contributed by atoms with E-state index in [2.05, 4.69) is 10.6 Å². The van der Waals surface area contributed by atoms with Crippen LogP contribution in [0.1, 0.15) is 27.2 Å². The Kier molecular flexibility index (Phi) is 7.00. The van der Waals surface area contributed by atoms with Gasteiger partial charge in [-0.3, -0.25) is 0 Å². The summed E-state index contributed by atoms with van der Waals surface area (Å²) in [4.78, 5) is 22.1. The van der Waals surface area contributed by atoms with Crippen LogP contribution in [-0.2, 0) is 4.79 Å². The van der Waals surface area contributed by atoms with Gasteiger partial charge in [-0.25, -0.2) is 9.59 Å². The van der Waals surface area contributed by atoms with Gasteiger partial charge in [0, 0.05) is 6.54 Å². The van der Waals surface area contributed by atoms with Gasteiger partial charge in [0.2, 0.25) is 0 Å². The lowest BCUT2D eigenvalue weighted by atomic mass is 10.1. The lowest BCUT2D eigenvalue weighted by Gasteiger charge is -2.18. The van der Waals surface area contributed by atoms with Crippen molar-refractivity contribution < 1.29 is 14.7 Å². The molecule has 0 aromatic carbocycles. The molecule has 16 heavy (non-hydrogen) atoms. The number of carboxylic acid groups (broad SMARTS) is 1. The van der Waals surface area contributed by atoms with Crippen LogP contribution in [0.2, 0.25) is 0 Å². The molecule has 5 heteroatoms. The Labute approximate surface area is 95.9 Å². The number of aliphatic carboxylic acids is 1. The normalized spacial score (nSPS) is 12.8. The summed E-state index contributed by atoms with van der Waals surface area (Å²) in [7, 11) is 0. The van der Waals surface area contributed by atoms with Crippen LogP contribution in [0.3, 0.4) is 0 Å². The van der Waals surface area contributed by atoms with Crippen LogP contribution < -0.4 is 10.6 Å². The summed E-state index contributed by atoms with van der Waals surface area (Å²) in [6.07, 6.45) is 4.56. The number of carbonyl (C=O) groups is 2. The Morgan fingerprint density at radius 3 is 2.44 bits per heavy atom. The number of carboxylic acids is 1. The van der Waals surface area contributed by atoms with Gasteiger partial charge in [-0.2, -0.15) is 0 Å². The largest absolute Gasteiger partial charge is 0.480 e. The highest BCUT2D eigenvalue weighted by Crippen LogP contribution is 2.01. The zero-order valence-electron chi connectivity index (χ0n) is 9.99. The third kappa shape index (κ3) is 6.06. The molecule has 0 heterocycles. The van der Waals surface area contributed by atoms with Crippen molar-refractivity contribution in [3.05, 3.63) is 12.2 Å². The Bertz CT molecular complexity index is 262. The van der Waals surface area contributed by atoms with Crippen LogP contribution >= 0.6 is 0 Å². The van der Waals surface area contributed by atoms with Crippen LogP contribution in [0, 0.1) is 5.92 Å². The van der Waals surface area contributed by atoms with E-state index in [4.69, 9.17) is 5.11 Å². The lowest BCUT2D eigenvalue weighted by Crippen LogP contribution is -2.48. The highest BCUT2D eigenvalue weighted by molar-refractivity contribution is 5.82. The summed E-state index contributed by atoms with van der Waals surface area (Å²) in [5.74, 6) is -1.16. The highest BCUT2D eigenvalue weighted by atomic mass is 16.4. The number of allylic oxidation sites excluding steroid dienone is 1. The average molecular weight is 228 g/mol. The van der Waals surface area contributed by atoms with Gasteiger partial charge in [0.25, 0.3) is 0 Å². The fourth-order valence-electron chi connectivity index (χ4n) is 1.14. The zero-order chi connectivity index (χ0) is 12.6. The predicted octanol–water partition coefficient (Wildman–Crippen LogP) is 1.36. The summed E-state index contributed by atoms with van der Waals surface area (Å²) < 4.78 is 0. The molecule has 0 fully saturated rings. The van der Waals surface area contributed by atoms with Gasteiger partial charge in [0.1, 0.15) is 6.04 Å². The second-order valence-corrected chi connectivity index (χ2v) is 3.82. The number of urea groups is 1. The molecular weight excluding hydrogens is 208 g/mol. The molecule has 0 aliphatic carbocycles. The van der Waals surface area contributed by atoms with Crippen molar-refractivity contribution in [2.75, 3.05) is 6.54 Å². The van der Waals surface area contributed by atoms with Crippen molar-refractivity contribution in [3.63, 3.8) is 0 Å². The minimum Gasteiger partial charge on any atom is -0.480 e. The maximum absolute atomic E-state index is 11.3. The smallest absolute Gasteiger partial charge is 0.326 e. The third-order valence-electron chi connectivity index (χ3n) is 2.05. The Morgan fingerprint density at radius 2 is 2.00 bits per heavy atom. The van der Waals surface area contributed by atoms with E-state index in [1.54, 1.807) is 13.8 Å². The van der Waals surface area contributed by atoms with E-state index >= 15 is 0 Å². The minimum atomic E-state index is -1.02. The summed E-state index contributed by atoms with van der Waals surface area (Å²) >= 11 is 0. The molecule has 0 bridgehead atoms. The van der Waals surface area contributed by atoms with Crippen molar-refractivity contribution in [2.24, 2.45) is 5.92 Å². The van der Waals surface area contributed by atoms with Crippen molar-refractivity contribution in [1.82, 2.24) is 10.6 Å². The summed E-state index contributed by atoms with van der Waals surface area (Å²) in [5, 5.41) is 13.9. The van der Waals surface area contributed by atoms with Crippen molar-refractivity contribution in [1.29, 1.82) is 0 Å². The molecule has 2 amide bonds. The molecule has 0 aromatic rings. The van der Waals surface area contributed by atoms with Crippen molar-refractivity contribution in [3.8, 4) is 0 Å². The lowest BCUT2D eigenvalue weighted by molar-refractivity contribution is -0.140. The van der Waals surface area contributed by atoms with Gasteiger partial charge in [-0.1, -0.05) is 26.0 Å². The van der Waals surface area contributed by atoms with Gasteiger partial charge >= 0.3 is 12.0 Å². The number of rotatable bonds is 6. The summed E-state index contributed by atoms with van der Waals surface area (Å²) in [6, 6.07) is -1.28. The van der Waals surface area contributed by atoms with E-state index in [0.717, 1.165) is 6.42 Å². The first-order chi connectivity index (χ1) is 7.49. The minimum absolute atomic E-state index is 0.140. The molecule has 1 unspecified atom stereocenters. The molecule has 0 saturated heterocycles. The summed E-state index contributed by atoms with van der Waals surface area (Å²) in [5.41, 5.74) is 0. The molecule has 0 radical (unpaired) electrons. The SMILES string of the molecule is C/C=C/CCNC(=O)NC(C(=O)O)C(C)C. The molecule has 0 aromatic heterocycles. The predicted molar refractivity (Wildman–Crippen MR) is 62.2 cm³/mol. The topological polar surface area (TPSA) is 78.4 Å². The average Bonchev–Trinajstić information content (AvgIpc) is 2.20. The van der Waals surface area contributed by atoms with Crippen LogP contribution in [0.4, 0.5) is 4.79 Å². The maximum atomic E-state index is 11.3. The number of hydrogen-bond acceptors (Lipinski definition) is 2. The zero-order valence-corrected chi connectivity index (χ0v) is 9.99. The van der Waals surface area contributed by atoms with Gasteiger partial charge < -0.3 is 15.7 Å². The van der Waals surface area contributed by atoms with Crippen molar-refractivity contribution in [2.45, 2.75) is 33.2 Å². The second kappa shape index (κ2) is 7.73. The number of hydrogen-bond donors (Lipinski definition) is 3. The van der Waals surface area contributed by atoms with Crippen LogP contribution in [0.15, 0.2) is 12.2 Å². The first-order valence-electron chi connectivity index (χ1n) is 5.37. The van der Waals surface area contributed by atoms with E-state index in [0.29, 0.717) is 6.54 Å². The van der Waals surface area contributed by atoms with E-state index in [1.165, 1.54) is 0 Å². The molecule has 0 rings (SSSR count). The van der Waals surface area contributed by atoms with E-state index in [1.807, 2.05) is 19.1 Å². The molecule has 0 aliphatic heterocycles. The Morgan fingerprint density at radius 1 is 1.38 bits per heavy atom. The van der Waals surface area contributed by atoms with Crippen LogP contribution in [-0.4, -0.2) is 29.7 Å². The molecule has 0 spiro atoms. The molecule has 92 valence electrons. The number of nitrogens with one attached hydrogen (secondary N) is 2. The molecule has 5 nitrogen and oxygen atoms in total. The fraction of sp³-hybridized carbons (Fsp3) is 0.636. The van der Waals surface area contributed by atoms with E-state index in [-0.39, 0.29) is 5.92 Å². The molecule has 0 saturated carbocycles. The summed E-state index contributed by atoms with van der Waals surface area (Å²) in [6.45, 7) is 5.90. The van der Waals surface area contributed by atoms with Gasteiger partial charge in [-0.05, 0) is 19.3 Å². The van der Waals surface area contributed by atoms with Crippen LogP contribution in [0.5, 0.6) is 0 Å². The fourth-order valence-corrected chi connectivity index (χ4v) is 1.14. The van der Waals surface area contributed by atoms with Gasteiger partial charge in [0.15, 0.2) is 0 Å². The molecule has 0 aliphatic rings. The molecule has 3 N–H and O–H groups in total. The molecular formula is C11H20N2O3. The first kappa shape index (κ1) is 14.5. The van der Waals surface area contributed by atoms with E-state index < -0.39 is 18.0 Å². The van der Waals surface area contributed by atoms with Gasteiger partial charge in [0.05, 0.1) is 0 Å². The van der Waals surface area contributed by atoms with Crippen molar-refractivity contribution >= 4 is 12.0 Å². The molecule has 1 atom stereocenters. The quantitative estimate of drug-likeness (QED) is 0.474. The highest BCUT2D eigenvalue weighted by Gasteiger charge is 2.22. The Balaban J connectivity index is 3.96. The Hall–Kier alpha value is -1.52. The number of carbonyl (C=O) groups excluding carboxylic acids is 1. The number of amides is 2. The van der Waals surface area contributed by atoms with Crippen LogP contribution in [0.25, 0.3) is 0 Å². The second-order valence-electron chi connectivity index (χ2n) is 3.82. The maximum Gasteiger partial charge on any atom is 0.326 e. The third-order valence-corrected chi connectivity index (χ3v) is 2.05. The first-order valence-corrected chi connectivity index (χ1v) is 5.37.